The van der Waals surface area contributed by atoms with Crippen LogP contribution in [0.5, 0.6) is 0 Å². The molecule has 0 bridgehead atoms. The Morgan fingerprint density at radius 2 is 2.00 bits per heavy atom. The van der Waals surface area contributed by atoms with E-state index in [1.54, 1.807) is 12.1 Å². The van der Waals surface area contributed by atoms with E-state index in [9.17, 15) is 9.59 Å². The summed E-state index contributed by atoms with van der Waals surface area (Å²) in [5, 5.41) is 2.47. The molecule has 0 radical (unpaired) electrons. The maximum atomic E-state index is 12.0. The van der Waals surface area contributed by atoms with E-state index < -0.39 is 18.5 Å². The van der Waals surface area contributed by atoms with E-state index in [0.717, 1.165) is 5.56 Å². The SMILES string of the molecule is O=C(COC(=O)c1ccccn1)N=c1sccn1Cc1ccccc1Cl. The first-order valence-corrected chi connectivity index (χ1v) is 8.92. The molecule has 2 aromatic heterocycles. The van der Waals surface area contributed by atoms with Crippen molar-refractivity contribution in [1.29, 1.82) is 0 Å². The minimum Gasteiger partial charge on any atom is -0.451 e. The van der Waals surface area contributed by atoms with Crippen LogP contribution in [0, 0.1) is 0 Å². The van der Waals surface area contributed by atoms with Gasteiger partial charge in [-0.2, -0.15) is 4.99 Å². The Morgan fingerprint density at radius 1 is 1.19 bits per heavy atom. The summed E-state index contributed by atoms with van der Waals surface area (Å²) < 4.78 is 6.76. The van der Waals surface area contributed by atoms with Crippen LogP contribution in [0.1, 0.15) is 16.1 Å². The van der Waals surface area contributed by atoms with E-state index in [2.05, 4.69) is 9.98 Å². The number of carbonyl (C=O) groups is 2. The highest BCUT2D eigenvalue weighted by atomic mass is 35.5. The topological polar surface area (TPSA) is 73.6 Å². The monoisotopic (exact) mass is 387 g/mol. The van der Waals surface area contributed by atoms with Crippen molar-refractivity contribution in [2.75, 3.05) is 6.61 Å². The number of rotatable bonds is 5. The second-order valence-corrected chi connectivity index (χ2v) is 6.48. The van der Waals surface area contributed by atoms with Crippen molar-refractivity contribution in [2.24, 2.45) is 4.99 Å². The van der Waals surface area contributed by atoms with Gasteiger partial charge in [0.2, 0.25) is 0 Å². The molecular formula is C18H14ClN3O3S. The highest BCUT2D eigenvalue weighted by Crippen LogP contribution is 2.15. The van der Waals surface area contributed by atoms with Crippen molar-refractivity contribution < 1.29 is 14.3 Å². The third-order valence-corrected chi connectivity index (χ3v) is 4.54. The number of carbonyl (C=O) groups excluding carboxylic acids is 2. The predicted octanol–water partition coefficient (Wildman–Crippen LogP) is 2.93. The lowest BCUT2D eigenvalue weighted by atomic mass is 10.2. The first-order valence-electron chi connectivity index (χ1n) is 7.66. The lowest BCUT2D eigenvalue weighted by Gasteiger charge is -2.05. The Labute approximate surface area is 158 Å². The summed E-state index contributed by atoms with van der Waals surface area (Å²) in [6.07, 6.45) is 3.30. The predicted molar refractivity (Wildman–Crippen MR) is 98.0 cm³/mol. The molecule has 26 heavy (non-hydrogen) atoms. The third kappa shape index (κ3) is 4.65. The molecule has 0 unspecified atom stereocenters. The van der Waals surface area contributed by atoms with Crippen LogP contribution in [0.4, 0.5) is 0 Å². The number of aromatic nitrogens is 2. The number of nitrogens with zero attached hydrogens (tertiary/aromatic N) is 3. The molecule has 0 fully saturated rings. The summed E-state index contributed by atoms with van der Waals surface area (Å²) in [6.45, 7) is 0.0441. The normalized spacial score (nSPS) is 11.3. The van der Waals surface area contributed by atoms with Gasteiger partial charge in [0, 0.05) is 22.8 Å². The van der Waals surface area contributed by atoms with Gasteiger partial charge >= 0.3 is 5.97 Å². The van der Waals surface area contributed by atoms with Crippen molar-refractivity contribution in [1.82, 2.24) is 9.55 Å². The summed E-state index contributed by atoms with van der Waals surface area (Å²) in [5.74, 6) is -1.21. The first-order chi connectivity index (χ1) is 12.6. The maximum absolute atomic E-state index is 12.0. The molecular weight excluding hydrogens is 374 g/mol. The van der Waals surface area contributed by atoms with E-state index in [0.29, 0.717) is 16.4 Å². The number of hydrogen-bond donors (Lipinski definition) is 0. The Hall–Kier alpha value is -2.77. The summed E-state index contributed by atoms with van der Waals surface area (Å²) in [4.78, 5) is 32.2. The number of pyridine rings is 1. The molecule has 0 aliphatic heterocycles. The quantitative estimate of drug-likeness (QED) is 0.631. The molecule has 8 heteroatoms. The molecule has 0 aliphatic carbocycles. The largest absolute Gasteiger partial charge is 0.451 e. The lowest BCUT2D eigenvalue weighted by Crippen LogP contribution is -2.20. The van der Waals surface area contributed by atoms with E-state index in [1.165, 1.54) is 23.6 Å². The van der Waals surface area contributed by atoms with Crippen molar-refractivity contribution >= 4 is 34.8 Å². The zero-order chi connectivity index (χ0) is 18.4. The Balaban J connectivity index is 1.67. The number of halogens is 1. The number of thiazole rings is 1. The van der Waals surface area contributed by atoms with Crippen LogP contribution < -0.4 is 4.80 Å². The molecule has 0 spiro atoms. The Bertz CT molecular complexity index is 982. The molecule has 0 atom stereocenters. The highest BCUT2D eigenvalue weighted by Gasteiger charge is 2.11. The molecule has 0 saturated heterocycles. The smallest absolute Gasteiger partial charge is 0.357 e. The van der Waals surface area contributed by atoms with Gasteiger partial charge in [-0.15, -0.1) is 11.3 Å². The maximum Gasteiger partial charge on any atom is 0.357 e. The number of esters is 1. The van der Waals surface area contributed by atoms with Crippen LogP contribution in [0.15, 0.2) is 65.2 Å². The number of ether oxygens (including phenoxy) is 1. The fraction of sp³-hybridized carbons (Fsp3) is 0.111. The van der Waals surface area contributed by atoms with Crippen LogP contribution in [-0.4, -0.2) is 28.0 Å². The van der Waals surface area contributed by atoms with Gasteiger partial charge in [0.1, 0.15) is 5.69 Å². The summed E-state index contributed by atoms with van der Waals surface area (Å²) >= 11 is 7.48. The second-order valence-electron chi connectivity index (χ2n) is 5.20. The average Bonchev–Trinajstić information content (AvgIpc) is 3.09. The molecule has 0 N–H and O–H groups in total. The van der Waals surface area contributed by atoms with Crippen molar-refractivity contribution in [2.45, 2.75) is 6.54 Å². The van der Waals surface area contributed by atoms with E-state index >= 15 is 0 Å². The first kappa shape index (κ1) is 18.0. The zero-order valence-corrected chi connectivity index (χ0v) is 15.1. The van der Waals surface area contributed by atoms with Crippen LogP contribution in [0.2, 0.25) is 5.02 Å². The molecule has 2 heterocycles. The van der Waals surface area contributed by atoms with Crippen LogP contribution in [-0.2, 0) is 16.1 Å². The fourth-order valence-electron chi connectivity index (χ4n) is 2.14. The summed E-state index contributed by atoms with van der Waals surface area (Å²) in [5.41, 5.74) is 1.06. The molecule has 132 valence electrons. The Morgan fingerprint density at radius 3 is 2.77 bits per heavy atom. The summed E-state index contributed by atoms with van der Waals surface area (Å²) in [6, 6.07) is 12.3. The minimum absolute atomic E-state index is 0.144. The highest BCUT2D eigenvalue weighted by molar-refractivity contribution is 7.07. The number of hydrogen-bond acceptors (Lipinski definition) is 5. The van der Waals surface area contributed by atoms with Gasteiger partial charge in [0.15, 0.2) is 11.4 Å². The van der Waals surface area contributed by atoms with E-state index in [4.69, 9.17) is 16.3 Å². The molecule has 0 aliphatic rings. The molecule has 3 aromatic rings. The van der Waals surface area contributed by atoms with Gasteiger partial charge in [0.05, 0.1) is 6.54 Å². The van der Waals surface area contributed by atoms with Gasteiger partial charge in [-0.3, -0.25) is 4.79 Å². The molecule has 0 saturated carbocycles. The average molecular weight is 388 g/mol. The molecule has 6 nitrogen and oxygen atoms in total. The van der Waals surface area contributed by atoms with E-state index in [1.807, 2.05) is 40.4 Å². The standard InChI is InChI=1S/C18H14ClN3O3S/c19-14-6-2-1-5-13(14)11-22-9-10-26-18(22)21-16(23)12-25-17(24)15-7-3-4-8-20-15/h1-10H,11-12H2. The second kappa shape index (κ2) is 8.55. The van der Waals surface area contributed by atoms with Crippen LogP contribution in [0.3, 0.4) is 0 Å². The van der Waals surface area contributed by atoms with Gasteiger partial charge in [0.25, 0.3) is 5.91 Å². The third-order valence-electron chi connectivity index (χ3n) is 3.38. The van der Waals surface area contributed by atoms with E-state index in [-0.39, 0.29) is 5.69 Å². The van der Waals surface area contributed by atoms with Crippen molar-refractivity contribution in [3.8, 4) is 0 Å². The van der Waals surface area contributed by atoms with Crippen LogP contribution >= 0.6 is 22.9 Å². The molecule has 1 amide bonds. The Kier molecular flexibility index (Phi) is 5.93. The van der Waals surface area contributed by atoms with Gasteiger partial charge in [-0.05, 0) is 23.8 Å². The fourth-order valence-corrected chi connectivity index (χ4v) is 3.08. The van der Waals surface area contributed by atoms with Crippen LogP contribution in [0.25, 0.3) is 0 Å². The van der Waals surface area contributed by atoms with Crippen molar-refractivity contribution in [3.05, 3.63) is 81.3 Å². The zero-order valence-electron chi connectivity index (χ0n) is 13.5. The molecule has 1 aromatic carbocycles. The minimum atomic E-state index is -0.663. The number of amides is 1. The lowest BCUT2D eigenvalue weighted by molar-refractivity contribution is -0.121. The van der Waals surface area contributed by atoms with Gasteiger partial charge in [-0.1, -0.05) is 35.9 Å². The van der Waals surface area contributed by atoms with Gasteiger partial charge < -0.3 is 9.30 Å². The number of benzene rings is 1. The van der Waals surface area contributed by atoms with Crippen molar-refractivity contribution in [3.63, 3.8) is 0 Å². The molecule has 3 rings (SSSR count). The summed E-state index contributed by atoms with van der Waals surface area (Å²) in [7, 11) is 0. The van der Waals surface area contributed by atoms with Gasteiger partial charge in [-0.25, -0.2) is 9.78 Å².